The number of aromatic carboxylic acids is 1. The van der Waals surface area contributed by atoms with Gasteiger partial charge in [0.25, 0.3) is 0 Å². The van der Waals surface area contributed by atoms with E-state index in [1.54, 1.807) is 6.20 Å². The zero-order chi connectivity index (χ0) is 24.6. The Bertz CT molecular complexity index is 1280. The summed E-state index contributed by atoms with van der Waals surface area (Å²) in [6, 6.07) is 8.91. The summed E-state index contributed by atoms with van der Waals surface area (Å²) in [7, 11) is 0. The highest BCUT2D eigenvalue weighted by atomic mass is 19.4. The Kier molecular flexibility index (Phi) is 5.88. The Morgan fingerprint density at radius 1 is 1.06 bits per heavy atom. The van der Waals surface area contributed by atoms with Gasteiger partial charge in [-0.05, 0) is 35.9 Å². The molecule has 180 valence electrons. The first-order chi connectivity index (χ1) is 16.8. The lowest BCUT2D eigenvalue weighted by atomic mass is 10.0. The number of nitrogens with zero attached hydrogens (tertiary/aromatic N) is 4. The standard InChI is InChI=1S/C25H21F3N4O3/c26-25(27,28)18-3-1-15-10-21(31-22(15)11-18)16-2-4-23(30-13-16)32-7-5-19(6-8-32)35-20-9-17(24(33)34)12-29-14-20/h1-4,9,11-14,19H,5-8,10H2,(H,33,34). The Hall–Kier alpha value is -3.95. The van der Waals surface area contributed by atoms with Gasteiger partial charge in [-0.1, -0.05) is 6.07 Å². The summed E-state index contributed by atoms with van der Waals surface area (Å²) >= 11 is 0. The van der Waals surface area contributed by atoms with Gasteiger partial charge in [-0.15, -0.1) is 0 Å². The molecule has 7 nitrogen and oxygen atoms in total. The van der Waals surface area contributed by atoms with Crippen molar-refractivity contribution in [1.82, 2.24) is 9.97 Å². The van der Waals surface area contributed by atoms with Crippen molar-refractivity contribution >= 4 is 23.2 Å². The second-order valence-electron chi connectivity index (χ2n) is 8.50. The molecule has 0 unspecified atom stereocenters. The number of aliphatic imine (C=N–C) groups is 1. The molecule has 2 aliphatic heterocycles. The zero-order valence-corrected chi connectivity index (χ0v) is 18.5. The molecule has 1 N–H and O–H groups in total. The number of carboxylic acids is 1. The largest absolute Gasteiger partial charge is 0.489 e. The molecule has 4 heterocycles. The Labute approximate surface area is 198 Å². The molecule has 0 bridgehead atoms. The minimum Gasteiger partial charge on any atom is -0.489 e. The highest BCUT2D eigenvalue weighted by molar-refractivity contribution is 6.06. The summed E-state index contributed by atoms with van der Waals surface area (Å²) < 4.78 is 44.9. The predicted octanol–water partition coefficient (Wildman–Crippen LogP) is 4.92. The molecule has 5 rings (SSSR count). The molecule has 1 aromatic carbocycles. The minimum absolute atomic E-state index is 0.0516. The number of carbonyl (C=O) groups is 1. The zero-order valence-electron chi connectivity index (χ0n) is 18.5. The molecule has 0 amide bonds. The first-order valence-corrected chi connectivity index (χ1v) is 11.1. The van der Waals surface area contributed by atoms with Gasteiger partial charge in [-0.3, -0.25) is 9.98 Å². The number of piperidine rings is 1. The summed E-state index contributed by atoms with van der Waals surface area (Å²) in [5.74, 6) is 0.189. The number of rotatable bonds is 5. The number of hydrogen-bond donors (Lipinski definition) is 1. The normalized spacial score (nSPS) is 16.1. The molecule has 35 heavy (non-hydrogen) atoms. The van der Waals surface area contributed by atoms with Crippen molar-refractivity contribution in [2.24, 2.45) is 4.99 Å². The molecule has 0 aliphatic carbocycles. The summed E-state index contributed by atoms with van der Waals surface area (Å²) in [6.45, 7) is 1.44. The highest BCUT2D eigenvalue weighted by Gasteiger charge is 2.32. The molecule has 0 radical (unpaired) electrons. The SMILES string of the molecule is O=C(O)c1cncc(OC2CCN(c3ccc(C4=Nc5cc(C(F)(F)F)ccc5C4)cn3)CC2)c1. The first-order valence-electron chi connectivity index (χ1n) is 11.1. The van der Waals surface area contributed by atoms with Crippen LogP contribution in [0, 0.1) is 0 Å². The lowest BCUT2D eigenvalue weighted by Crippen LogP contribution is -2.38. The van der Waals surface area contributed by atoms with Crippen LogP contribution in [0.3, 0.4) is 0 Å². The molecular formula is C25H21F3N4O3. The molecular weight excluding hydrogens is 461 g/mol. The lowest BCUT2D eigenvalue weighted by molar-refractivity contribution is -0.137. The number of ether oxygens (including phenoxy) is 1. The topological polar surface area (TPSA) is 87.9 Å². The average molecular weight is 482 g/mol. The maximum Gasteiger partial charge on any atom is 0.416 e. The monoisotopic (exact) mass is 482 g/mol. The van der Waals surface area contributed by atoms with Crippen LogP contribution < -0.4 is 9.64 Å². The number of hydrogen-bond acceptors (Lipinski definition) is 6. The van der Waals surface area contributed by atoms with E-state index < -0.39 is 17.7 Å². The number of anilines is 1. The summed E-state index contributed by atoms with van der Waals surface area (Å²) in [4.78, 5) is 26.1. The van der Waals surface area contributed by atoms with Gasteiger partial charge in [0, 0.05) is 50.3 Å². The van der Waals surface area contributed by atoms with E-state index in [9.17, 15) is 18.0 Å². The van der Waals surface area contributed by atoms with Gasteiger partial charge in [0.1, 0.15) is 17.7 Å². The summed E-state index contributed by atoms with van der Waals surface area (Å²) in [5.41, 5.74) is 1.98. The Morgan fingerprint density at radius 2 is 1.86 bits per heavy atom. The molecule has 2 aliphatic rings. The van der Waals surface area contributed by atoms with Crippen LogP contribution in [0.4, 0.5) is 24.7 Å². The van der Waals surface area contributed by atoms with E-state index in [0.717, 1.165) is 55.0 Å². The lowest BCUT2D eigenvalue weighted by Gasteiger charge is -2.33. The van der Waals surface area contributed by atoms with Crippen LogP contribution in [0.15, 0.2) is 60.0 Å². The number of benzene rings is 1. The molecule has 0 spiro atoms. The second-order valence-corrected chi connectivity index (χ2v) is 8.50. The van der Waals surface area contributed by atoms with Crippen molar-refractivity contribution in [3.05, 3.63) is 77.2 Å². The smallest absolute Gasteiger partial charge is 0.416 e. The van der Waals surface area contributed by atoms with E-state index >= 15 is 0 Å². The fraction of sp³-hybridized carbons (Fsp3) is 0.280. The van der Waals surface area contributed by atoms with Crippen LogP contribution >= 0.6 is 0 Å². The van der Waals surface area contributed by atoms with Gasteiger partial charge in [0.05, 0.1) is 28.7 Å². The van der Waals surface area contributed by atoms with E-state index in [-0.39, 0.29) is 11.7 Å². The van der Waals surface area contributed by atoms with Crippen molar-refractivity contribution in [2.45, 2.75) is 31.5 Å². The Balaban J connectivity index is 1.20. The Morgan fingerprint density at radius 3 is 2.54 bits per heavy atom. The molecule has 1 saturated heterocycles. The van der Waals surface area contributed by atoms with Gasteiger partial charge < -0.3 is 14.7 Å². The van der Waals surface area contributed by atoms with Crippen molar-refractivity contribution in [3.63, 3.8) is 0 Å². The predicted molar refractivity (Wildman–Crippen MR) is 123 cm³/mol. The molecule has 0 atom stereocenters. The maximum absolute atomic E-state index is 13.0. The van der Waals surface area contributed by atoms with Gasteiger partial charge in [-0.25, -0.2) is 9.78 Å². The van der Waals surface area contributed by atoms with Crippen LogP contribution in [0.2, 0.25) is 0 Å². The van der Waals surface area contributed by atoms with Gasteiger partial charge >= 0.3 is 12.1 Å². The quantitative estimate of drug-likeness (QED) is 0.556. The molecule has 2 aromatic heterocycles. The van der Waals surface area contributed by atoms with Crippen LogP contribution in [0.25, 0.3) is 0 Å². The molecule has 0 saturated carbocycles. The maximum atomic E-state index is 13.0. The van der Waals surface area contributed by atoms with E-state index in [4.69, 9.17) is 9.84 Å². The number of carboxylic acid groups (broad SMARTS) is 1. The van der Waals surface area contributed by atoms with Gasteiger partial charge in [0.15, 0.2) is 0 Å². The summed E-state index contributed by atoms with van der Waals surface area (Å²) in [6.07, 6.45) is 1.99. The van der Waals surface area contributed by atoms with Crippen LogP contribution in [-0.4, -0.2) is 45.9 Å². The number of aromatic nitrogens is 2. The van der Waals surface area contributed by atoms with E-state index in [1.165, 1.54) is 24.5 Å². The van der Waals surface area contributed by atoms with E-state index in [2.05, 4.69) is 19.9 Å². The fourth-order valence-electron chi connectivity index (χ4n) is 4.26. The van der Waals surface area contributed by atoms with Crippen molar-refractivity contribution in [3.8, 4) is 5.75 Å². The fourth-order valence-corrected chi connectivity index (χ4v) is 4.26. The van der Waals surface area contributed by atoms with E-state index in [1.807, 2.05) is 12.1 Å². The van der Waals surface area contributed by atoms with Crippen LogP contribution in [-0.2, 0) is 12.6 Å². The highest BCUT2D eigenvalue weighted by Crippen LogP contribution is 2.36. The average Bonchev–Trinajstić information content (AvgIpc) is 3.28. The van der Waals surface area contributed by atoms with Gasteiger partial charge in [-0.2, -0.15) is 13.2 Å². The second kappa shape index (κ2) is 9.01. The first kappa shape index (κ1) is 22.8. The van der Waals surface area contributed by atoms with Crippen molar-refractivity contribution in [2.75, 3.05) is 18.0 Å². The van der Waals surface area contributed by atoms with E-state index in [0.29, 0.717) is 23.6 Å². The third-order valence-corrected chi connectivity index (χ3v) is 6.14. The molecule has 1 fully saturated rings. The number of alkyl halides is 3. The minimum atomic E-state index is -4.39. The van der Waals surface area contributed by atoms with Crippen molar-refractivity contribution < 1.29 is 27.8 Å². The molecule has 3 aromatic rings. The van der Waals surface area contributed by atoms with Crippen molar-refractivity contribution in [1.29, 1.82) is 0 Å². The van der Waals surface area contributed by atoms with Crippen LogP contribution in [0.5, 0.6) is 5.75 Å². The van der Waals surface area contributed by atoms with Crippen LogP contribution in [0.1, 0.15) is 39.9 Å². The number of halogens is 3. The van der Waals surface area contributed by atoms with Gasteiger partial charge in [0.2, 0.25) is 0 Å². The number of fused-ring (bicyclic) bond motifs is 1. The summed E-state index contributed by atoms with van der Waals surface area (Å²) in [5, 5.41) is 9.09. The third-order valence-electron chi connectivity index (χ3n) is 6.14. The third kappa shape index (κ3) is 4.96. The number of pyridine rings is 2. The molecule has 10 heteroatoms.